The lowest BCUT2D eigenvalue weighted by Gasteiger charge is -2.22. The summed E-state index contributed by atoms with van der Waals surface area (Å²) in [5.74, 6) is 2.68. The van der Waals surface area contributed by atoms with Gasteiger partial charge < -0.3 is 4.74 Å². The molecule has 1 aromatic heterocycles. The highest BCUT2D eigenvalue weighted by Crippen LogP contribution is 2.35. The summed E-state index contributed by atoms with van der Waals surface area (Å²) in [5, 5.41) is 18.5. The van der Waals surface area contributed by atoms with Gasteiger partial charge in [0.15, 0.2) is 5.16 Å². The fraction of sp³-hybridized carbons (Fsp3) is 0.471. The van der Waals surface area contributed by atoms with E-state index in [2.05, 4.69) is 20.8 Å². The van der Waals surface area contributed by atoms with Crippen LogP contribution in [0.5, 0.6) is 5.75 Å². The van der Waals surface area contributed by atoms with Gasteiger partial charge in [0.25, 0.3) is 0 Å². The van der Waals surface area contributed by atoms with E-state index in [1.807, 2.05) is 24.3 Å². The zero-order chi connectivity index (χ0) is 16.1. The molecule has 1 aliphatic carbocycles. The third-order valence-corrected chi connectivity index (χ3v) is 5.02. The van der Waals surface area contributed by atoms with Crippen LogP contribution in [-0.4, -0.2) is 27.6 Å². The molecule has 0 unspecified atom stereocenters. The van der Waals surface area contributed by atoms with Crippen molar-refractivity contribution in [3.8, 4) is 17.5 Å². The van der Waals surface area contributed by atoms with Gasteiger partial charge in [-0.05, 0) is 37.1 Å². The zero-order valence-corrected chi connectivity index (χ0v) is 14.1. The van der Waals surface area contributed by atoms with Crippen LogP contribution in [0.2, 0.25) is 0 Å². The van der Waals surface area contributed by atoms with E-state index < -0.39 is 0 Å². The molecule has 0 bridgehead atoms. The van der Waals surface area contributed by atoms with Crippen LogP contribution < -0.4 is 4.74 Å². The fourth-order valence-corrected chi connectivity index (χ4v) is 3.69. The summed E-state index contributed by atoms with van der Waals surface area (Å²) in [6.45, 7) is 0. The van der Waals surface area contributed by atoms with E-state index in [0.29, 0.717) is 11.7 Å². The Morgan fingerprint density at radius 3 is 2.61 bits per heavy atom. The Bertz CT molecular complexity index is 684. The number of methoxy groups -OCH3 is 1. The second-order valence-corrected chi connectivity index (χ2v) is 6.60. The SMILES string of the molecule is COc1ccc(-n2c(SCC#N)nnc2C2CCCCC2)cc1. The van der Waals surface area contributed by atoms with Crippen LogP contribution in [0.1, 0.15) is 43.8 Å². The number of thioether (sulfide) groups is 1. The lowest BCUT2D eigenvalue weighted by molar-refractivity contribution is 0.414. The van der Waals surface area contributed by atoms with Crippen LogP contribution >= 0.6 is 11.8 Å². The van der Waals surface area contributed by atoms with Gasteiger partial charge in [0.05, 0.1) is 18.9 Å². The van der Waals surface area contributed by atoms with Crippen molar-refractivity contribution in [2.45, 2.75) is 43.2 Å². The standard InChI is InChI=1S/C17H20N4OS/c1-22-15-9-7-14(8-10-15)21-16(13-5-3-2-4-6-13)19-20-17(21)23-12-11-18/h7-10,13H,2-6,12H2,1H3. The summed E-state index contributed by atoms with van der Waals surface area (Å²) >= 11 is 1.43. The van der Waals surface area contributed by atoms with E-state index in [0.717, 1.165) is 35.3 Å². The molecule has 120 valence electrons. The average Bonchev–Trinajstić information content (AvgIpc) is 3.04. The number of hydrogen-bond donors (Lipinski definition) is 0. The molecule has 0 aliphatic heterocycles. The highest BCUT2D eigenvalue weighted by atomic mass is 32.2. The molecule has 23 heavy (non-hydrogen) atoms. The molecule has 1 saturated carbocycles. The maximum atomic E-state index is 8.87. The molecule has 0 N–H and O–H groups in total. The second kappa shape index (κ2) is 7.51. The quantitative estimate of drug-likeness (QED) is 0.778. The summed E-state index contributed by atoms with van der Waals surface area (Å²) in [4.78, 5) is 0. The minimum absolute atomic E-state index is 0.374. The van der Waals surface area contributed by atoms with Crippen molar-refractivity contribution >= 4 is 11.8 Å². The first-order valence-electron chi connectivity index (χ1n) is 7.93. The predicted molar refractivity (Wildman–Crippen MR) is 90.1 cm³/mol. The Morgan fingerprint density at radius 1 is 1.22 bits per heavy atom. The normalized spacial score (nSPS) is 15.3. The summed E-state index contributed by atoms with van der Waals surface area (Å²) < 4.78 is 7.35. The molecular formula is C17H20N4OS. The van der Waals surface area contributed by atoms with Crippen molar-refractivity contribution in [1.82, 2.24) is 14.8 Å². The predicted octanol–water partition coefficient (Wildman–Crippen LogP) is 3.94. The molecule has 2 aromatic rings. The zero-order valence-electron chi connectivity index (χ0n) is 13.2. The van der Waals surface area contributed by atoms with E-state index in [-0.39, 0.29) is 0 Å². The molecule has 0 atom stereocenters. The third-order valence-electron chi connectivity index (χ3n) is 4.23. The van der Waals surface area contributed by atoms with Crippen LogP contribution in [0.3, 0.4) is 0 Å². The molecule has 0 saturated heterocycles. The summed E-state index contributed by atoms with van der Waals surface area (Å²) in [6, 6.07) is 10.1. The minimum Gasteiger partial charge on any atom is -0.497 e. The third kappa shape index (κ3) is 3.50. The molecule has 0 spiro atoms. The first-order valence-corrected chi connectivity index (χ1v) is 8.91. The van der Waals surface area contributed by atoms with Crippen molar-refractivity contribution in [2.75, 3.05) is 12.9 Å². The van der Waals surface area contributed by atoms with E-state index in [9.17, 15) is 0 Å². The molecule has 0 radical (unpaired) electrons. The van der Waals surface area contributed by atoms with Crippen molar-refractivity contribution in [2.24, 2.45) is 0 Å². The molecule has 1 heterocycles. The number of benzene rings is 1. The maximum Gasteiger partial charge on any atom is 0.196 e. The van der Waals surface area contributed by atoms with Gasteiger partial charge in [0.1, 0.15) is 11.6 Å². The molecule has 5 nitrogen and oxygen atoms in total. The van der Waals surface area contributed by atoms with Crippen molar-refractivity contribution < 1.29 is 4.74 Å². The van der Waals surface area contributed by atoms with Crippen molar-refractivity contribution in [1.29, 1.82) is 5.26 Å². The van der Waals surface area contributed by atoms with Gasteiger partial charge in [-0.2, -0.15) is 5.26 Å². The van der Waals surface area contributed by atoms with E-state index in [1.54, 1.807) is 7.11 Å². The number of ether oxygens (including phenoxy) is 1. The lowest BCUT2D eigenvalue weighted by Crippen LogP contribution is -2.12. The molecule has 3 rings (SSSR count). The first-order chi connectivity index (χ1) is 11.3. The molecule has 1 fully saturated rings. The molecule has 1 aliphatic rings. The van der Waals surface area contributed by atoms with Gasteiger partial charge in [0, 0.05) is 11.6 Å². The second-order valence-electron chi connectivity index (χ2n) is 5.66. The van der Waals surface area contributed by atoms with Crippen molar-refractivity contribution in [3.63, 3.8) is 0 Å². The number of nitrogens with zero attached hydrogens (tertiary/aromatic N) is 4. The van der Waals surface area contributed by atoms with Gasteiger partial charge in [0.2, 0.25) is 0 Å². The first kappa shape index (κ1) is 15.9. The van der Waals surface area contributed by atoms with Gasteiger partial charge in [-0.1, -0.05) is 31.0 Å². The number of aromatic nitrogens is 3. The Balaban J connectivity index is 1.98. The fourth-order valence-electron chi connectivity index (χ4n) is 3.07. The van der Waals surface area contributed by atoms with E-state index in [4.69, 9.17) is 10.00 Å². The Hall–Kier alpha value is -2.00. The van der Waals surface area contributed by atoms with Gasteiger partial charge in [-0.3, -0.25) is 4.57 Å². The lowest BCUT2D eigenvalue weighted by atomic mass is 9.88. The molecular weight excluding hydrogens is 308 g/mol. The smallest absolute Gasteiger partial charge is 0.196 e. The summed E-state index contributed by atoms with van der Waals surface area (Å²) in [7, 11) is 1.66. The van der Waals surface area contributed by atoms with Crippen LogP contribution in [-0.2, 0) is 0 Å². The Kier molecular flexibility index (Phi) is 5.19. The van der Waals surface area contributed by atoms with Gasteiger partial charge in [-0.25, -0.2) is 0 Å². The minimum atomic E-state index is 0.374. The maximum absolute atomic E-state index is 8.87. The van der Waals surface area contributed by atoms with Crippen LogP contribution in [0.15, 0.2) is 29.4 Å². The molecule has 1 aromatic carbocycles. The summed E-state index contributed by atoms with van der Waals surface area (Å²) in [5.41, 5.74) is 1.02. The average molecular weight is 328 g/mol. The highest BCUT2D eigenvalue weighted by Gasteiger charge is 2.24. The molecule has 6 heteroatoms. The molecule has 0 amide bonds. The van der Waals surface area contributed by atoms with Gasteiger partial charge >= 0.3 is 0 Å². The number of nitriles is 1. The number of hydrogen-bond acceptors (Lipinski definition) is 5. The van der Waals surface area contributed by atoms with Crippen LogP contribution in [0.4, 0.5) is 0 Å². The van der Waals surface area contributed by atoms with Crippen LogP contribution in [0, 0.1) is 11.3 Å². The van der Waals surface area contributed by atoms with Crippen molar-refractivity contribution in [3.05, 3.63) is 30.1 Å². The number of rotatable bonds is 5. The van der Waals surface area contributed by atoms with E-state index >= 15 is 0 Å². The van der Waals surface area contributed by atoms with E-state index in [1.165, 1.54) is 31.0 Å². The Morgan fingerprint density at radius 2 is 1.96 bits per heavy atom. The monoisotopic (exact) mass is 328 g/mol. The Labute approximate surface area is 140 Å². The highest BCUT2D eigenvalue weighted by molar-refractivity contribution is 7.99. The summed E-state index contributed by atoms with van der Waals surface area (Å²) in [6.07, 6.45) is 6.14. The van der Waals surface area contributed by atoms with Gasteiger partial charge in [-0.15, -0.1) is 10.2 Å². The largest absolute Gasteiger partial charge is 0.497 e. The van der Waals surface area contributed by atoms with Crippen LogP contribution in [0.25, 0.3) is 5.69 Å². The topological polar surface area (TPSA) is 63.7 Å².